The van der Waals surface area contributed by atoms with Crippen LogP contribution in [0.5, 0.6) is 6.01 Å². The lowest BCUT2D eigenvalue weighted by molar-refractivity contribution is 0.288. The lowest BCUT2D eigenvalue weighted by Crippen LogP contribution is -2.05. The molecular weight excluding hydrogens is 272 g/mol. The van der Waals surface area contributed by atoms with Crippen LogP contribution in [0.2, 0.25) is 0 Å². The lowest BCUT2D eigenvalue weighted by Gasteiger charge is -2.06. The van der Waals surface area contributed by atoms with E-state index < -0.39 is 0 Å². The maximum Gasteiger partial charge on any atom is 0.322 e. The van der Waals surface area contributed by atoms with E-state index in [9.17, 15) is 0 Å². The minimum atomic E-state index is 0.192. The van der Waals surface area contributed by atoms with Gasteiger partial charge in [0.05, 0.1) is 6.61 Å². The number of hydrogen-bond donors (Lipinski definition) is 1. The molecule has 0 saturated heterocycles. The molecule has 1 aromatic carbocycles. The summed E-state index contributed by atoms with van der Waals surface area (Å²) in [5.41, 5.74) is 8.14. The third-order valence-corrected chi connectivity index (χ3v) is 3.42. The molecule has 0 bridgehead atoms. The van der Waals surface area contributed by atoms with Crippen LogP contribution < -0.4 is 10.5 Å². The van der Waals surface area contributed by atoms with Crippen LogP contribution in [0.1, 0.15) is 24.5 Å². The van der Waals surface area contributed by atoms with Gasteiger partial charge in [0.15, 0.2) is 5.16 Å². The smallest absolute Gasteiger partial charge is 0.322 e. The van der Waals surface area contributed by atoms with Crippen LogP contribution in [-0.4, -0.2) is 21.6 Å². The Morgan fingerprint density at radius 3 is 2.85 bits per heavy atom. The molecule has 0 aliphatic rings. The zero-order valence-electron chi connectivity index (χ0n) is 11.7. The standard InChI is InChI=1S/C14H18N4OS/c1-3-7-19-13-16-12(15)17-14(18-13)20-9-11-6-4-5-10(2)8-11/h4-6,8H,3,7,9H2,1-2H3,(H2,15,16,17,18). The molecular formula is C14H18N4OS. The van der Waals surface area contributed by atoms with Gasteiger partial charge in [0.2, 0.25) is 5.95 Å². The Morgan fingerprint density at radius 2 is 2.10 bits per heavy atom. The third-order valence-electron chi connectivity index (χ3n) is 2.50. The number of nitrogens with two attached hydrogens (primary N) is 1. The Hall–Kier alpha value is -1.82. The molecule has 1 aromatic heterocycles. The topological polar surface area (TPSA) is 73.9 Å². The number of rotatable bonds is 6. The van der Waals surface area contributed by atoms with Gasteiger partial charge in [-0.05, 0) is 18.9 Å². The van der Waals surface area contributed by atoms with E-state index in [0.717, 1.165) is 12.2 Å². The minimum Gasteiger partial charge on any atom is -0.463 e. The Morgan fingerprint density at radius 1 is 1.25 bits per heavy atom. The van der Waals surface area contributed by atoms with Crippen LogP contribution in [-0.2, 0) is 5.75 Å². The van der Waals surface area contributed by atoms with Crippen molar-refractivity contribution in [1.82, 2.24) is 15.0 Å². The molecule has 6 heteroatoms. The third kappa shape index (κ3) is 4.38. The summed E-state index contributed by atoms with van der Waals surface area (Å²) in [5.74, 6) is 0.982. The summed E-state index contributed by atoms with van der Waals surface area (Å²) in [4.78, 5) is 12.3. The Labute approximate surface area is 123 Å². The van der Waals surface area contributed by atoms with Gasteiger partial charge in [-0.15, -0.1) is 0 Å². The summed E-state index contributed by atoms with van der Waals surface area (Å²) in [5, 5.41) is 0.588. The zero-order valence-corrected chi connectivity index (χ0v) is 12.5. The SMILES string of the molecule is CCCOc1nc(N)nc(SCc2cccc(C)c2)n1. The normalized spacial score (nSPS) is 10.5. The summed E-state index contributed by atoms with van der Waals surface area (Å²) in [6.07, 6.45) is 0.900. The van der Waals surface area contributed by atoms with Crippen LogP contribution in [0.15, 0.2) is 29.4 Å². The largest absolute Gasteiger partial charge is 0.463 e. The van der Waals surface area contributed by atoms with E-state index in [2.05, 4.69) is 40.1 Å². The Bertz CT molecular complexity index is 577. The fraction of sp³-hybridized carbons (Fsp3) is 0.357. The number of aryl methyl sites for hydroxylation is 1. The average molecular weight is 290 g/mol. The van der Waals surface area contributed by atoms with Gasteiger partial charge >= 0.3 is 6.01 Å². The maximum absolute atomic E-state index is 5.67. The molecule has 0 aliphatic heterocycles. The zero-order chi connectivity index (χ0) is 14.4. The van der Waals surface area contributed by atoms with E-state index in [-0.39, 0.29) is 5.95 Å². The van der Waals surface area contributed by atoms with E-state index >= 15 is 0 Å². The van der Waals surface area contributed by atoms with Crippen LogP contribution in [0.4, 0.5) is 5.95 Å². The molecule has 0 aliphatic carbocycles. The van der Waals surface area contributed by atoms with Crippen molar-refractivity contribution < 1.29 is 4.74 Å². The van der Waals surface area contributed by atoms with Gasteiger partial charge in [-0.3, -0.25) is 0 Å². The number of aromatic nitrogens is 3. The number of nitrogen functional groups attached to an aromatic ring is 1. The summed E-state index contributed by atoms with van der Waals surface area (Å²) in [6.45, 7) is 4.68. The van der Waals surface area contributed by atoms with Crippen molar-refractivity contribution >= 4 is 17.7 Å². The van der Waals surface area contributed by atoms with Gasteiger partial charge in [0.1, 0.15) is 0 Å². The quantitative estimate of drug-likeness (QED) is 0.825. The molecule has 2 aromatic rings. The molecule has 0 radical (unpaired) electrons. The summed E-state index contributed by atoms with van der Waals surface area (Å²) < 4.78 is 5.39. The molecule has 2 N–H and O–H groups in total. The molecule has 20 heavy (non-hydrogen) atoms. The first kappa shape index (κ1) is 14.6. The molecule has 5 nitrogen and oxygen atoms in total. The van der Waals surface area contributed by atoms with Crippen molar-refractivity contribution in [1.29, 1.82) is 0 Å². The van der Waals surface area contributed by atoms with Crippen molar-refractivity contribution in [2.45, 2.75) is 31.2 Å². The molecule has 0 saturated carbocycles. The first-order chi connectivity index (χ1) is 9.67. The van der Waals surface area contributed by atoms with E-state index in [1.54, 1.807) is 0 Å². The fourth-order valence-electron chi connectivity index (χ4n) is 1.63. The number of anilines is 1. The Kier molecular flexibility index (Phi) is 5.17. The summed E-state index contributed by atoms with van der Waals surface area (Å²) in [6, 6.07) is 8.64. The highest BCUT2D eigenvalue weighted by molar-refractivity contribution is 7.98. The second-order valence-electron chi connectivity index (χ2n) is 4.38. The van der Waals surface area contributed by atoms with Gasteiger partial charge in [-0.2, -0.15) is 15.0 Å². The summed E-state index contributed by atoms with van der Waals surface area (Å²) >= 11 is 1.52. The highest BCUT2D eigenvalue weighted by Gasteiger charge is 2.06. The molecule has 0 unspecified atom stereocenters. The molecule has 0 atom stereocenters. The fourth-order valence-corrected chi connectivity index (χ4v) is 2.40. The predicted octanol–water partition coefficient (Wildman–Crippen LogP) is 2.84. The number of nitrogens with zero attached hydrogens (tertiary/aromatic N) is 3. The predicted molar refractivity (Wildman–Crippen MR) is 80.8 cm³/mol. The number of hydrogen-bond acceptors (Lipinski definition) is 6. The van der Waals surface area contributed by atoms with Crippen molar-refractivity contribution in [3.8, 4) is 6.01 Å². The van der Waals surface area contributed by atoms with Gasteiger partial charge in [-0.1, -0.05) is 48.5 Å². The number of benzene rings is 1. The lowest BCUT2D eigenvalue weighted by atomic mass is 10.2. The summed E-state index contributed by atoms with van der Waals surface area (Å²) in [7, 11) is 0. The van der Waals surface area contributed by atoms with Crippen molar-refractivity contribution in [2.75, 3.05) is 12.3 Å². The monoisotopic (exact) mass is 290 g/mol. The highest BCUT2D eigenvalue weighted by Crippen LogP contribution is 2.21. The maximum atomic E-state index is 5.67. The first-order valence-electron chi connectivity index (χ1n) is 6.50. The molecule has 0 spiro atoms. The number of thioether (sulfide) groups is 1. The second-order valence-corrected chi connectivity index (χ2v) is 5.33. The molecule has 0 fully saturated rings. The average Bonchev–Trinajstić information content (AvgIpc) is 2.42. The molecule has 106 valence electrons. The van der Waals surface area contributed by atoms with E-state index in [0.29, 0.717) is 17.8 Å². The van der Waals surface area contributed by atoms with Crippen LogP contribution in [0.25, 0.3) is 0 Å². The van der Waals surface area contributed by atoms with Crippen molar-refractivity contribution in [2.24, 2.45) is 0 Å². The van der Waals surface area contributed by atoms with Crippen LogP contribution in [0.3, 0.4) is 0 Å². The van der Waals surface area contributed by atoms with Gasteiger partial charge < -0.3 is 10.5 Å². The minimum absolute atomic E-state index is 0.192. The van der Waals surface area contributed by atoms with E-state index in [4.69, 9.17) is 10.5 Å². The van der Waals surface area contributed by atoms with Gasteiger partial charge in [0.25, 0.3) is 0 Å². The Balaban J connectivity index is 2.03. The number of ether oxygens (including phenoxy) is 1. The van der Waals surface area contributed by atoms with E-state index in [1.165, 1.54) is 22.9 Å². The first-order valence-corrected chi connectivity index (χ1v) is 7.48. The van der Waals surface area contributed by atoms with Gasteiger partial charge in [-0.25, -0.2) is 0 Å². The van der Waals surface area contributed by atoms with Crippen molar-refractivity contribution in [3.05, 3.63) is 35.4 Å². The molecule has 2 rings (SSSR count). The van der Waals surface area contributed by atoms with Crippen LogP contribution >= 0.6 is 11.8 Å². The van der Waals surface area contributed by atoms with E-state index in [1.807, 2.05) is 13.0 Å². The molecule has 0 amide bonds. The second kappa shape index (κ2) is 7.09. The van der Waals surface area contributed by atoms with Crippen molar-refractivity contribution in [3.63, 3.8) is 0 Å². The van der Waals surface area contributed by atoms with Gasteiger partial charge in [0, 0.05) is 5.75 Å². The molecule has 1 heterocycles. The van der Waals surface area contributed by atoms with Crippen LogP contribution in [0, 0.1) is 6.92 Å². The highest BCUT2D eigenvalue weighted by atomic mass is 32.2.